The molecule has 0 spiro atoms. The van der Waals surface area contributed by atoms with Crippen LogP contribution in [0.4, 0.5) is 0 Å². The van der Waals surface area contributed by atoms with E-state index in [9.17, 15) is 0 Å². The van der Waals surface area contributed by atoms with Gasteiger partial charge in [0.05, 0.1) is 20.5 Å². The molecule has 1 rings (SSSR count). The summed E-state index contributed by atoms with van der Waals surface area (Å²) in [4.78, 5) is 0. The third kappa shape index (κ3) is 2.91. The van der Waals surface area contributed by atoms with Crippen LogP contribution in [0, 0.1) is 0 Å². The van der Waals surface area contributed by atoms with Crippen molar-refractivity contribution in [1.29, 1.82) is 0 Å². The molecule has 0 aromatic heterocycles. The number of ether oxygens (including phenoxy) is 2. The summed E-state index contributed by atoms with van der Waals surface area (Å²) in [7, 11) is 3.25. The monoisotopic (exact) mass is 208 g/mol. The molecule has 3 nitrogen and oxygen atoms in total. The van der Waals surface area contributed by atoms with Gasteiger partial charge in [0.2, 0.25) is 0 Å². The Bertz CT molecular complexity index is 356. The number of allylic oxidation sites excluding steroid dienone is 1. The molecule has 0 aliphatic heterocycles. The molecule has 1 aromatic carbocycles. The summed E-state index contributed by atoms with van der Waals surface area (Å²) in [6.45, 7) is 1.86. The lowest BCUT2D eigenvalue weighted by Crippen LogP contribution is -1.95. The van der Waals surface area contributed by atoms with Gasteiger partial charge in [0.25, 0.3) is 0 Å². The Balaban J connectivity index is 3.01. The fourth-order valence-corrected chi connectivity index (χ4v) is 1.37. The number of rotatable bonds is 4. The second-order valence-electron chi connectivity index (χ2n) is 3.33. The van der Waals surface area contributed by atoms with E-state index in [2.05, 4.69) is 0 Å². The van der Waals surface area contributed by atoms with Crippen molar-refractivity contribution in [2.45, 2.75) is 13.3 Å². The zero-order valence-corrected chi connectivity index (χ0v) is 9.28. The second-order valence-corrected chi connectivity index (χ2v) is 3.33. The molecular formula is C12H16O3. The summed E-state index contributed by atoms with van der Waals surface area (Å²) >= 11 is 0. The molecule has 0 radical (unpaired) electrons. The molecule has 0 heterocycles. The van der Waals surface area contributed by atoms with Crippen molar-refractivity contribution < 1.29 is 14.6 Å². The average molecular weight is 208 g/mol. The third-order valence-electron chi connectivity index (χ3n) is 2.18. The van der Waals surface area contributed by atoms with E-state index >= 15 is 0 Å². The molecule has 0 aliphatic rings. The van der Waals surface area contributed by atoms with Crippen molar-refractivity contribution in [2.24, 2.45) is 0 Å². The minimum absolute atomic E-state index is 0.650. The highest BCUT2D eigenvalue weighted by molar-refractivity contribution is 5.42. The fraction of sp³-hybridized carbons (Fsp3) is 0.333. The van der Waals surface area contributed by atoms with Crippen LogP contribution in [-0.2, 0) is 6.42 Å². The van der Waals surface area contributed by atoms with Gasteiger partial charge in [0.1, 0.15) is 11.5 Å². The molecule has 82 valence electrons. The first-order chi connectivity index (χ1) is 7.21. The van der Waals surface area contributed by atoms with Crippen LogP contribution in [0.15, 0.2) is 30.0 Å². The van der Waals surface area contributed by atoms with Gasteiger partial charge in [-0.3, -0.25) is 0 Å². The maximum Gasteiger partial charge on any atom is 0.122 e. The number of aliphatic hydroxyl groups excluding tert-OH is 1. The van der Waals surface area contributed by atoms with Crippen LogP contribution in [0.1, 0.15) is 12.5 Å². The molecule has 0 atom stereocenters. The van der Waals surface area contributed by atoms with Crippen molar-refractivity contribution >= 4 is 0 Å². The van der Waals surface area contributed by atoms with E-state index in [1.54, 1.807) is 14.2 Å². The number of hydrogen-bond acceptors (Lipinski definition) is 3. The molecule has 0 amide bonds. The zero-order valence-electron chi connectivity index (χ0n) is 9.28. The lowest BCUT2D eigenvalue weighted by Gasteiger charge is -2.10. The van der Waals surface area contributed by atoms with Gasteiger partial charge < -0.3 is 14.6 Å². The molecule has 1 N–H and O–H groups in total. The highest BCUT2D eigenvalue weighted by Crippen LogP contribution is 2.25. The Morgan fingerprint density at radius 3 is 2.60 bits per heavy atom. The Hall–Kier alpha value is -1.64. The van der Waals surface area contributed by atoms with E-state index in [0.29, 0.717) is 6.42 Å². The summed E-state index contributed by atoms with van der Waals surface area (Å²) in [5, 5.41) is 8.85. The summed E-state index contributed by atoms with van der Waals surface area (Å²) in [5.74, 6) is 1.59. The molecule has 0 bridgehead atoms. The lowest BCUT2D eigenvalue weighted by molar-refractivity contribution is 0.399. The standard InChI is InChI=1S/C12H16O3/c1-9(8-13)6-10-7-11(14-2)4-5-12(10)15-3/h4-5,7-8,13H,6H2,1-3H3/b9-8+. The van der Waals surface area contributed by atoms with Gasteiger partial charge in [-0.05, 0) is 30.7 Å². The second kappa shape index (κ2) is 5.29. The third-order valence-corrected chi connectivity index (χ3v) is 2.18. The van der Waals surface area contributed by atoms with Gasteiger partial charge in [-0.2, -0.15) is 0 Å². The highest BCUT2D eigenvalue weighted by atomic mass is 16.5. The van der Waals surface area contributed by atoms with Gasteiger partial charge in [-0.15, -0.1) is 0 Å². The molecule has 1 aromatic rings. The van der Waals surface area contributed by atoms with Crippen LogP contribution in [0.5, 0.6) is 11.5 Å². The van der Waals surface area contributed by atoms with Gasteiger partial charge >= 0.3 is 0 Å². The molecule has 3 heteroatoms. The van der Waals surface area contributed by atoms with Crippen LogP contribution in [0.25, 0.3) is 0 Å². The summed E-state index contributed by atoms with van der Waals surface area (Å²) in [5.41, 5.74) is 1.88. The smallest absolute Gasteiger partial charge is 0.122 e. The lowest BCUT2D eigenvalue weighted by atomic mass is 10.1. The van der Waals surface area contributed by atoms with E-state index in [-0.39, 0.29) is 0 Å². The van der Waals surface area contributed by atoms with Crippen LogP contribution in [-0.4, -0.2) is 19.3 Å². The number of methoxy groups -OCH3 is 2. The van der Waals surface area contributed by atoms with E-state index in [0.717, 1.165) is 28.9 Å². The van der Waals surface area contributed by atoms with Crippen LogP contribution in [0.3, 0.4) is 0 Å². The number of benzene rings is 1. The molecule has 15 heavy (non-hydrogen) atoms. The van der Waals surface area contributed by atoms with E-state index < -0.39 is 0 Å². The molecular weight excluding hydrogens is 192 g/mol. The van der Waals surface area contributed by atoms with Crippen LogP contribution in [0.2, 0.25) is 0 Å². The van der Waals surface area contributed by atoms with Crippen molar-refractivity contribution in [1.82, 2.24) is 0 Å². The van der Waals surface area contributed by atoms with E-state index in [1.165, 1.54) is 0 Å². The summed E-state index contributed by atoms with van der Waals surface area (Å²) < 4.78 is 10.4. The Labute approximate surface area is 90.0 Å². The van der Waals surface area contributed by atoms with Gasteiger partial charge in [0, 0.05) is 12.0 Å². The molecule has 0 aliphatic carbocycles. The van der Waals surface area contributed by atoms with Crippen LogP contribution < -0.4 is 9.47 Å². The maximum absolute atomic E-state index is 8.85. The molecule has 0 fully saturated rings. The topological polar surface area (TPSA) is 38.7 Å². The Morgan fingerprint density at radius 1 is 1.33 bits per heavy atom. The minimum Gasteiger partial charge on any atom is -0.516 e. The quantitative estimate of drug-likeness (QED) is 0.773. The first kappa shape index (κ1) is 11.4. The largest absolute Gasteiger partial charge is 0.516 e. The predicted octanol–water partition coefficient (Wildman–Crippen LogP) is 2.71. The van der Waals surface area contributed by atoms with Crippen molar-refractivity contribution in [3.63, 3.8) is 0 Å². The summed E-state index contributed by atoms with van der Waals surface area (Å²) in [6.07, 6.45) is 1.76. The zero-order chi connectivity index (χ0) is 11.3. The highest BCUT2D eigenvalue weighted by Gasteiger charge is 2.05. The Kier molecular flexibility index (Phi) is 4.03. The van der Waals surface area contributed by atoms with Gasteiger partial charge in [0.15, 0.2) is 0 Å². The number of hydrogen-bond donors (Lipinski definition) is 1. The SMILES string of the molecule is COc1ccc(OC)c(C/C(C)=C/O)c1. The fourth-order valence-electron chi connectivity index (χ4n) is 1.37. The summed E-state index contributed by atoms with van der Waals surface area (Å²) in [6, 6.07) is 5.62. The van der Waals surface area contributed by atoms with Gasteiger partial charge in [-0.1, -0.05) is 0 Å². The number of aliphatic hydroxyl groups is 1. The first-order valence-corrected chi connectivity index (χ1v) is 4.72. The molecule has 0 saturated heterocycles. The van der Waals surface area contributed by atoms with E-state index in [1.807, 2.05) is 25.1 Å². The van der Waals surface area contributed by atoms with Crippen molar-refractivity contribution in [3.8, 4) is 11.5 Å². The van der Waals surface area contributed by atoms with Crippen molar-refractivity contribution in [3.05, 3.63) is 35.6 Å². The van der Waals surface area contributed by atoms with E-state index in [4.69, 9.17) is 14.6 Å². The van der Waals surface area contributed by atoms with Gasteiger partial charge in [-0.25, -0.2) is 0 Å². The normalized spacial score (nSPS) is 11.3. The first-order valence-electron chi connectivity index (χ1n) is 4.72. The molecule has 0 unspecified atom stereocenters. The molecule has 0 saturated carbocycles. The van der Waals surface area contributed by atoms with Crippen molar-refractivity contribution in [2.75, 3.05) is 14.2 Å². The average Bonchev–Trinajstić information content (AvgIpc) is 2.28. The van der Waals surface area contributed by atoms with Crippen LogP contribution >= 0.6 is 0 Å². The predicted molar refractivity (Wildman–Crippen MR) is 59.6 cm³/mol. The maximum atomic E-state index is 8.85. The minimum atomic E-state index is 0.650. The Morgan fingerprint density at radius 2 is 2.07 bits per heavy atom.